The second kappa shape index (κ2) is 5.66. The molecule has 2 heterocycles. The predicted octanol–water partition coefficient (Wildman–Crippen LogP) is 1.14. The third kappa shape index (κ3) is 2.82. The van der Waals surface area contributed by atoms with E-state index in [-0.39, 0.29) is 17.3 Å². The molecule has 0 spiro atoms. The zero-order valence-electron chi connectivity index (χ0n) is 12.5. The van der Waals surface area contributed by atoms with Crippen molar-refractivity contribution in [1.82, 2.24) is 30.4 Å². The Morgan fingerprint density at radius 2 is 2.23 bits per heavy atom. The molecular weight excluding hydrogens is 304 g/mol. The number of halogens is 1. The summed E-state index contributed by atoms with van der Waals surface area (Å²) < 4.78 is 0. The topological polar surface area (TPSA) is 75.9 Å². The van der Waals surface area contributed by atoms with Gasteiger partial charge in [0.25, 0.3) is 11.7 Å². The fraction of sp³-hybridized carbons (Fsp3) is 0.429. The molecule has 1 N–H and O–H groups in total. The molecule has 2 aromatic rings. The van der Waals surface area contributed by atoms with Gasteiger partial charge in [-0.3, -0.25) is 4.79 Å². The standard InChI is InChI=1S/C14H17ClN6O/c1-14(2)9-16-6-7-20(14)13(22)12-17-19-21(18-12)11-5-3-4-10(15)8-11/h3-5,8,16H,6-7,9H2,1-2H3. The van der Waals surface area contributed by atoms with Crippen LogP contribution >= 0.6 is 11.6 Å². The number of aromatic nitrogens is 4. The van der Waals surface area contributed by atoms with Crippen LogP contribution in [0.15, 0.2) is 24.3 Å². The second-order valence-electron chi connectivity index (χ2n) is 5.83. The van der Waals surface area contributed by atoms with E-state index in [1.54, 1.807) is 29.2 Å². The maximum absolute atomic E-state index is 12.6. The van der Waals surface area contributed by atoms with E-state index in [2.05, 4.69) is 20.7 Å². The summed E-state index contributed by atoms with van der Waals surface area (Å²) in [4.78, 5) is 15.7. The van der Waals surface area contributed by atoms with E-state index in [9.17, 15) is 4.79 Å². The highest BCUT2D eigenvalue weighted by Gasteiger charge is 2.35. The monoisotopic (exact) mass is 320 g/mol. The van der Waals surface area contributed by atoms with E-state index in [1.165, 1.54) is 4.80 Å². The van der Waals surface area contributed by atoms with Crippen LogP contribution in [-0.2, 0) is 0 Å². The second-order valence-corrected chi connectivity index (χ2v) is 6.26. The van der Waals surface area contributed by atoms with Gasteiger partial charge in [0.15, 0.2) is 0 Å². The molecule has 0 unspecified atom stereocenters. The molecule has 1 fully saturated rings. The molecule has 0 atom stereocenters. The van der Waals surface area contributed by atoms with E-state index in [0.29, 0.717) is 17.3 Å². The Balaban J connectivity index is 1.86. The molecule has 0 aliphatic carbocycles. The maximum atomic E-state index is 12.6. The van der Waals surface area contributed by atoms with E-state index in [1.807, 2.05) is 13.8 Å². The van der Waals surface area contributed by atoms with Gasteiger partial charge in [0.1, 0.15) is 0 Å². The van der Waals surface area contributed by atoms with Crippen molar-refractivity contribution < 1.29 is 4.79 Å². The average molecular weight is 321 g/mol. The lowest BCUT2D eigenvalue weighted by Gasteiger charge is -2.42. The summed E-state index contributed by atoms with van der Waals surface area (Å²) in [6, 6.07) is 7.07. The number of amides is 1. The van der Waals surface area contributed by atoms with Crippen molar-refractivity contribution >= 4 is 17.5 Å². The lowest BCUT2D eigenvalue weighted by atomic mass is 10.00. The summed E-state index contributed by atoms with van der Waals surface area (Å²) in [5, 5.41) is 15.9. The molecule has 3 rings (SSSR count). The van der Waals surface area contributed by atoms with E-state index >= 15 is 0 Å². The quantitative estimate of drug-likeness (QED) is 0.898. The van der Waals surface area contributed by atoms with Gasteiger partial charge in [0, 0.05) is 24.7 Å². The predicted molar refractivity (Wildman–Crippen MR) is 82.1 cm³/mol. The molecular formula is C14H17ClN6O. The summed E-state index contributed by atoms with van der Waals surface area (Å²) in [6.45, 7) is 6.15. The highest BCUT2D eigenvalue weighted by Crippen LogP contribution is 2.18. The van der Waals surface area contributed by atoms with Crippen molar-refractivity contribution in [2.24, 2.45) is 0 Å². The summed E-state index contributed by atoms with van der Waals surface area (Å²) in [6.07, 6.45) is 0. The number of nitrogens with zero attached hydrogens (tertiary/aromatic N) is 5. The zero-order chi connectivity index (χ0) is 15.7. The fourth-order valence-corrected chi connectivity index (χ4v) is 2.67. The van der Waals surface area contributed by atoms with E-state index in [0.717, 1.165) is 13.1 Å². The van der Waals surface area contributed by atoms with Gasteiger partial charge in [0.2, 0.25) is 0 Å². The number of tetrazole rings is 1. The third-order valence-electron chi connectivity index (χ3n) is 3.69. The van der Waals surface area contributed by atoms with Crippen molar-refractivity contribution in [3.8, 4) is 5.69 Å². The highest BCUT2D eigenvalue weighted by molar-refractivity contribution is 6.30. The average Bonchev–Trinajstić information content (AvgIpc) is 2.96. The molecule has 1 saturated heterocycles. The molecule has 0 bridgehead atoms. The van der Waals surface area contributed by atoms with Gasteiger partial charge in [0.05, 0.1) is 11.2 Å². The number of carbonyl (C=O) groups is 1. The third-order valence-corrected chi connectivity index (χ3v) is 3.92. The minimum Gasteiger partial charge on any atom is -0.328 e. The Morgan fingerprint density at radius 1 is 1.41 bits per heavy atom. The van der Waals surface area contributed by atoms with Gasteiger partial charge in [-0.2, -0.15) is 0 Å². The van der Waals surface area contributed by atoms with Gasteiger partial charge in [-0.25, -0.2) is 0 Å². The SMILES string of the molecule is CC1(C)CNCCN1C(=O)c1nnn(-c2cccc(Cl)c2)n1. The normalized spacial score (nSPS) is 17.5. The molecule has 7 nitrogen and oxygen atoms in total. The van der Waals surface area contributed by atoms with Crippen molar-refractivity contribution in [3.63, 3.8) is 0 Å². The first-order chi connectivity index (χ1) is 10.5. The summed E-state index contributed by atoms with van der Waals surface area (Å²) in [5.74, 6) is -0.116. The molecule has 1 amide bonds. The maximum Gasteiger partial charge on any atom is 0.296 e. The number of benzene rings is 1. The van der Waals surface area contributed by atoms with Gasteiger partial charge in [-0.15, -0.1) is 15.0 Å². The Morgan fingerprint density at radius 3 is 2.95 bits per heavy atom. The lowest BCUT2D eigenvalue weighted by Crippen LogP contribution is -2.60. The van der Waals surface area contributed by atoms with Gasteiger partial charge in [-0.05, 0) is 37.3 Å². The van der Waals surface area contributed by atoms with E-state index < -0.39 is 0 Å². The molecule has 1 aromatic heterocycles. The highest BCUT2D eigenvalue weighted by atomic mass is 35.5. The molecule has 116 valence electrons. The number of rotatable bonds is 2. The van der Waals surface area contributed by atoms with Crippen LogP contribution in [-0.4, -0.2) is 56.2 Å². The van der Waals surface area contributed by atoms with Crippen LogP contribution in [0.25, 0.3) is 5.69 Å². The zero-order valence-corrected chi connectivity index (χ0v) is 13.2. The van der Waals surface area contributed by atoms with E-state index in [4.69, 9.17) is 11.6 Å². The number of hydrogen-bond donors (Lipinski definition) is 1. The van der Waals surface area contributed by atoms with Crippen LogP contribution in [0.4, 0.5) is 0 Å². The van der Waals surface area contributed by atoms with Crippen LogP contribution in [0.3, 0.4) is 0 Å². The molecule has 1 aromatic carbocycles. The molecule has 8 heteroatoms. The van der Waals surface area contributed by atoms with Crippen molar-refractivity contribution in [3.05, 3.63) is 35.1 Å². The van der Waals surface area contributed by atoms with Crippen LogP contribution < -0.4 is 5.32 Å². The van der Waals surface area contributed by atoms with Gasteiger partial charge in [-0.1, -0.05) is 17.7 Å². The number of piperazine rings is 1. The van der Waals surface area contributed by atoms with Crippen LogP contribution in [0.1, 0.15) is 24.5 Å². The first-order valence-corrected chi connectivity index (χ1v) is 7.44. The number of nitrogens with one attached hydrogen (secondary N) is 1. The van der Waals surface area contributed by atoms with Crippen LogP contribution in [0.5, 0.6) is 0 Å². The summed E-state index contributed by atoms with van der Waals surface area (Å²) >= 11 is 5.95. The largest absolute Gasteiger partial charge is 0.328 e. The molecule has 1 aliphatic heterocycles. The number of hydrogen-bond acceptors (Lipinski definition) is 5. The number of carbonyl (C=O) groups excluding carboxylic acids is 1. The first kappa shape index (κ1) is 14.9. The molecule has 0 radical (unpaired) electrons. The minimum atomic E-state index is -0.281. The Labute approximate surface area is 133 Å². The Hall–Kier alpha value is -1.99. The summed E-state index contributed by atoms with van der Waals surface area (Å²) in [5.41, 5.74) is 0.384. The molecule has 0 saturated carbocycles. The fourth-order valence-electron chi connectivity index (χ4n) is 2.49. The smallest absolute Gasteiger partial charge is 0.296 e. The minimum absolute atomic E-state index is 0.0925. The molecule has 1 aliphatic rings. The summed E-state index contributed by atoms with van der Waals surface area (Å²) in [7, 11) is 0. The van der Waals surface area contributed by atoms with Crippen molar-refractivity contribution in [2.75, 3.05) is 19.6 Å². The Bertz CT molecular complexity index is 698. The van der Waals surface area contributed by atoms with Crippen LogP contribution in [0, 0.1) is 0 Å². The molecule has 22 heavy (non-hydrogen) atoms. The van der Waals surface area contributed by atoms with Crippen LogP contribution in [0.2, 0.25) is 5.02 Å². The first-order valence-electron chi connectivity index (χ1n) is 7.06. The van der Waals surface area contributed by atoms with Gasteiger partial charge < -0.3 is 10.2 Å². The Kier molecular flexibility index (Phi) is 3.84. The van der Waals surface area contributed by atoms with Crippen molar-refractivity contribution in [2.45, 2.75) is 19.4 Å². The van der Waals surface area contributed by atoms with Crippen molar-refractivity contribution in [1.29, 1.82) is 0 Å². The lowest BCUT2D eigenvalue weighted by molar-refractivity contribution is 0.0464. The van der Waals surface area contributed by atoms with Gasteiger partial charge >= 0.3 is 0 Å².